The van der Waals surface area contributed by atoms with Crippen LogP contribution < -0.4 is 16.6 Å². The Balaban J connectivity index is 2.22. The second-order valence-electron chi connectivity index (χ2n) is 4.24. The van der Waals surface area contributed by atoms with Gasteiger partial charge in [0.2, 0.25) is 11.8 Å². The number of nitrogens with two attached hydrogens (primary N) is 1. The molecular weight excluding hydrogens is 248 g/mol. The lowest BCUT2D eigenvalue weighted by Crippen LogP contribution is -2.58. The molecule has 1 aromatic carbocycles. The highest BCUT2D eigenvalue weighted by atomic mass is 16.2. The summed E-state index contributed by atoms with van der Waals surface area (Å²) in [5.74, 6) is 3.93. The molecule has 7 heteroatoms. The molecule has 1 atom stereocenters. The summed E-state index contributed by atoms with van der Waals surface area (Å²) in [5.41, 5.74) is 3.51. The van der Waals surface area contributed by atoms with Gasteiger partial charge in [-0.3, -0.25) is 25.5 Å². The van der Waals surface area contributed by atoms with E-state index in [4.69, 9.17) is 5.84 Å². The lowest BCUT2D eigenvalue weighted by molar-refractivity contribution is -0.138. The molecule has 2 rings (SSSR count). The van der Waals surface area contributed by atoms with E-state index in [9.17, 15) is 14.4 Å². The zero-order valence-electron chi connectivity index (χ0n) is 10.3. The molecular formula is C12H14N4O3. The lowest BCUT2D eigenvalue weighted by atomic mass is 10.1. The molecule has 0 bridgehead atoms. The fourth-order valence-corrected chi connectivity index (χ4v) is 1.84. The number of anilines is 1. The molecule has 1 heterocycles. The first-order valence-electron chi connectivity index (χ1n) is 5.74. The number of benzene rings is 1. The SMILES string of the molecule is CC1C(=O)NC(=O)CN1C(=O)c1ccc(NN)cc1. The standard InChI is InChI=1S/C12H14N4O3/c1-7-11(18)14-10(17)6-16(7)12(19)8-2-4-9(15-13)5-3-8/h2-5,7,15H,6,13H2,1H3,(H,14,17,18). The minimum Gasteiger partial charge on any atom is -0.324 e. The molecule has 4 N–H and O–H groups in total. The number of carbonyl (C=O) groups excluding carboxylic acids is 3. The van der Waals surface area contributed by atoms with Crippen LogP contribution in [0.2, 0.25) is 0 Å². The van der Waals surface area contributed by atoms with Crippen LogP contribution in [0.25, 0.3) is 0 Å². The van der Waals surface area contributed by atoms with E-state index in [2.05, 4.69) is 10.7 Å². The van der Waals surface area contributed by atoms with Gasteiger partial charge < -0.3 is 10.3 Å². The smallest absolute Gasteiger partial charge is 0.254 e. The molecule has 3 amide bonds. The van der Waals surface area contributed by atoms with E-state index in [1.807, 2.05) is 0 Å². The zero-order chi connectivity index (χ0) is 14.0. The number of hydrogen-bond acceptors (Lipinski definition) is 5. The van der Waals surface area contributed by atoms with Crippen LogP contribution >= 0.6 is 0 Å². The molecule has 1 aromatic rings. The molecule has 0 radical (unpaired) electrons. The Labute approximate surface area is 109 Å². The Morgan fingerprint density at radius 3 is 2.58 bits per heavy atom. The Hall–Kier alpha value is -2.41. The number of hydrogen-bond donors (Lipinski definition) is 3. The number of nitrogens with zero attached hydrogens (tertiary/aromatic N) is 1. The van der Waals surface area contributed by atoms with Gasteiger partial charge in [-0.05, 0) is 31.2 Å². The van der Waals surface area contributed by atoms with E-state index in [0.717, 1.165) is 0 Å². The van der Waals surface area contributed by atoms with Gasteiger partial charge in [-0.2, -0.15) is 0 Å². The molecule has 1 saturated heterocycles. The maximum absolute atomic E-state index is 12.2. The average Bonchev–Trinajstić information content (AvgIpc) is 2.42. The third-order valence-corrected chi connectivity index (χ3v) is 2.98. The van der Waals surface area contributed by atoms with Crippen molar-refractivity contribution in [1.29, 1.82) is 0 Å². The van der Waals surface area contributed by atoms with Crippen molar-refractivity contribution in [1.82, 2.24) is 10.2 Å². The summed E-state index contributed by atoms with van der Waals surface area (Å²) in [5, 5.41) is 2.19. The van der Waals surface area contributed by atoms with Crippen LogP contribution in [0.4, 0.5) is 5.69 Å². The van der Waals surface area contributed by atoms with Crippen molar-refractivity contribution >= 4 is 23.4 Å². The molecule has 0 aromatic heterocycles. The highest BCUT2D eigenvalue weighted by molar-refractivity contribution is 6.07. The summed E-state index contributed by atoms with van der Waals surface area (Å²) >= 11 is 0. The van der Waals surface area contributed by atoms with Gasteiger partial charge >= 0.3 is 0 Å². The molecule has 7 nitrogen and oxygen atoms in total. The van der Waals surface area contributed by atoms with Crippen LogP contribution in [0.5, 0.6) is 0 Å². The third kappa shape index (κ3) is 2.55. The van der Waals surface area contributed by atoms with Crippen LogP contribution in [-0.2, 0) is 9.59 Å². The minimum absolute atomic E-state index is 0.122. The topological polar surface area (TPSA) is 105 Å². The number of nitrogen functional groups attached to an aromatic ring is 1. The second-order valence-corrected chi connectivity index (χ2v) is 4.24. The van der Waals surface area contributed by atoms with Crippen LogP contribution in [-0.4, -0.2) is 35.2 Å². The number of amides is 3. The van der Waals surface area contributed by atoms with Gasteiger partial charge in [-0.15, -0.1) is 0 Å². The minimum atomic E-state index is -0.669. The van der Waals surface area contributed by atoms with E-state index in [0.29, 0.717) is 11.3 Å². The van der Waals surface area contributed by atoms with E-state index >= 15 is 0 Å². The molecule has 19 heavy (non-hydrogen) atoms. The first-order valence-corrected chi connectivity index (χ1v) is 5.74. The van der Waals surface area contributed by atoms with E-state index in [1.165, 1.54) is 4.90 Å². The van der Waals surface area contributed by atoms with E-state index in [1.54, 1.807) is 31.2 Å². The average molecular weight is 262 g/mol. The Kier molecular flexibility index (Phi) is 3.48. The number of nitrogens with one attached hydrogen (secondary N) is 2. The summed E-state index contributed by atoms with van der Waals surface area (Å²) in [6.45, 7) is 1.46. The van der Waals surface area contributed by atoms with Crippen molar-refractivity contribution in [2.75, 3.05) is 12.0 Å². The summed E-state index contributed by atoms with van der Waals surface area (Å²) in [6.07, 6.45) is 0. The Morgan fingerprint density at radius 1 is 1.37 bits per heavy atom. The first-order chi connectivity index (χ1) is 9.02. The summed E-state index contributed by atoms with van der Waals surface area (Å²) in [4.78, 5) is 36.3. The molecule has 1 fully saturated rings. The first kappa shape index (κ1) is 13.0. The van der Waals surface area contributed by atoms with Crippen molar-refractivity contribution in [2.24, 2.45) is 5.84 Å². The quantitative estimate of drug-likeness (QED) is 0.377. The second kappa shape index (κ2) is 5.07. The Bertz CT molecular complexity index is 526. The summed E-state index contributed by atoms with van der Waals surface area (Å²) in [7, 11) is 0. The molecule has 1 aliphatic heterocycles. The van der Waals surface area contributed by atoms with Crippen LogP contribution in [0.3, 0.4) is 0 Å². The zero-order valence-corrected chi connectivity index (χ0v) is 10.3. The van der Waals surface area contributed by atoms with Crippen LogP contribution in [0, 0.1) is 0 Å². The number of carbonyl (C=O) groups is 3. The number of imide groups is 1. The predicted molar refractivity (Wildman–Crippen MR) is 67.9 cm³/mol. The van der Waals surface area contributed by atoms with Gasteiger partial charge in [0.05, 0.1) is 0 Å². The number of piperazine rings is 1. The van der Waals surface area contributed by atoms with E-state index < -0.39 is 17.9 Å². The van der Waals surface area contributed by atoms with Crippen LogP contribution in [0.15, 0.2) is 24.3 Å². The maximum Gasteiger partial charge on any atom is 0.254 e. The monoisotopic (exact) mass is 262 g/mol. The van der Waals surface area contributed by atoms with Gasteiger partial charge in [0, 0.05) is 11.3 Å². The number of hydrazine groups is 1. The van der Waals surface area contributed by atoms with E-state index in [-0.39, 0.29) is 12.5 Å². The summed E-state index contributed by atoms with van der Waals surface area (Å²) < 4.78 is 0. The maximum atomic E-state index is 12.2. The fraction of sp³-hybridized carbons (Fsp3) is 0.250. The van der Waals surface area contributed by atoms with Gasteiger partial charge in [0.1, 0.15) is 12.6 Å². The highest BCUT2D eigenvalue weighted by Crippen LogP contribution is 2.14. The molecule has 100 valence electrons. The Morgan fingerprint density at radius 2 is 2.00 bits per heavy atom. The highest BCUT2D eigenvalue weighted by Gasteiger charge is 2.33. The molecule has 0 spiro atoms. The molecule has 1 unspecified atom stereocenters. The van der Waals surface area contributed by atoms with Crippen molar-refractivity contribution in [3.63, 3.8) is 0 Å². The van der Waals surface area contributed by atoms with Gasteiger partial charge in [-0.1, -0.05) is 0 Å². The van der Waals surface area contributed by atoms with Crippen molar-refractivity contribution in [3.05, 3.63) is 29.8 Å². The van der Waals surface area contributed by atoms with Crippen molar-refractivity contribution < 1.29 is 14.4 Å². The van der Waals surface area contributed by atoms with Gasteiger partial charge in [0.15, 0.2) is 0 Å². The summed E-state index contributed by atoms with van der Waals surface area (Å²) in [6, 6.07) is 5.79. The lowest BCUT2D eigenvalue weighted by Gasteiger charge is -2.31. The van der Waals surface area contributed by atoms with Gasteiger partial charge in [-0.25, -0.2) is 0 Å². The van der Waals surface area contributed by atoms with Gasteiger partial charge in [0.25, 0.3) is 5.91 Å². The normalized spacial score (nSPS) is 19.1. The molecule has 0 saturated carbocycles. The predicted octanol–water partition coefficient (Wildman–Crippen LogP) is -0.541. The molecule has 1 aliphatic rings. The van der Waals surface area contributed by atoms with Crippen molar-refractivity contribution in [2.45, 2.75) is 13.0 Å². The van der Waals surface area contributed by atoms with Crippen molar-refractivity contribution in [3.8, 4) is 0 Å². The number of rotatable bonds is 2. The fourth-order valence-electron chi connectivity index (χ4n) is 1.84. The molecule has 0 aliphatic carbocycles. The largest absolute Gasteiger partial charge is 0.324 e. The van der Waals surface area contributed by atoms with Crippen LogP contribution in [0.1, 0.15) is 17.3 Å². The third-order valence-electron chi connectivity index (χ3n) is 2.98.